The van der Waals surface area contributed by atoms with Crippen LogP contribution in [0.2, 0.25) is 0 Å². The van der Waals surface area contributed by atoms with E-state index in [2.05, 4.69) is 15.5 Å². The molecule has 0 aliphatic carbocycles. The molecule has 0 fully saturated rings. The number of carbonyl (C=O) groups excluding carboxylic acids is 1. The van der Waals surface area contributed by atoms with Gasteiger partial charge in [0.05, 0.1) is 35.7 Å². The second kappa shape index (κ2) is 9.93. The van der Waals surface area contributed by atoms with Gasteiger partial charge in [-0.1, -0.05) is 54.2 Å². The first-order chi connectivity index (χ1) is 15.7. The lowest BCUT2D eigenvalue weighted by molar-refractivity contribution is -0.118. The van der Waals surface area contributed by atoms with Crippen molar-refractivity contribution in [2.75, 3.05) is 12.9 Å². The maximum absolute atomic E-state index is 13.2. The molecule has 160 valence electrons. The number of para-hydroxylation sites is 2. The average molecular weight is 445 g/mol. The first-order valence-corrected chi connectivity index (χ1v) is 10.8. The summed E-state index contributed by atoms with van der Waals surface area (Å²) in [5, 5.41) is 4.95. The molecule has 1 amide bonds. The van der Waals surface area contributed by atoms with Crippen molar-refractivity contribution in [2.24, 2.45) is 5.10 Å². The maximum atomic E-state index is 13.2. The molecule has 8 heteroatoms. The van der Waals surface area contributed by atoms with Gasteiger partial charge in [-0.2, -0.15) is 5.10 Å². The van der Waals surface area contributed by atoms with Gasteiger partial charge in [-0.15, -0.1) is 0 Å². The molecular weight excluding hydrogens is 424 g/mol. The Morgan fingerprint density at radius 1 is 1.09 bits per heavy atom. The van der Waals surface area contributed by atoms with Gasteiger partial charge in [0.15, 0.2) is 5.16 Å². The largest absolute Gasteiger partial charge is 0.497 e. The van der Waals surface area contributed by atoms with Crippen LogP contribution in [0.5, 0.6) is 5.75 Å². The number of benzene rings is 3. The first kappa shape index (κ1) is 21.3. The van der Waals surface area contributed by atoms with Crippen LogP contribution in [-0.4, -0.2) is 34.5 Å². The van der Waals surface area contributed by atoms with Gasteiger partial charge in [0.25, 0.3) is 11.5 Å². The number of nitrogens with one attached hydrogen (secondary N) is 1. The molecule has 0 bridgehead atoms. The lowest BCUT2D eigenvalue weighted by atomic mass is 10.2. The Morgan fingerprint density at radius 3 is 2.69 bits per heavy atom. The Hall–Kier alpha value is -3.91. The smallest absolute Gasteiger partial charge is 0.266 e. The number of hydrogen-bond acceptors (Lipinski definition) is 6. The molecule has 7 nitrogen and oxygen atoms in total. The van der Waals surface area contributed by atoms with Crippen molar-refractivity contribution in [3.05, 3.63) is 94.8 Å². The third-order valence-corrected chi connectivity index (χ3v) is 5.53. The van der Waals surface area contributed by atoms with Crippen molar-refractivity contribution in [1.29, 1.82) is 0 Å². The lowest BCUT2D eigenvalue weighted by Crippen LogP contribution is -2.24. The predicted octanol–water partition coefficient (Wildman–Crippen LogP) is 3.64. The summed E-state index contributed by atoms with van der Waals surface area (Å²) in [5.74, 6) is 0.445. The van der Waals surface area contributed by atoms with Gasteiger partial charge in [-0.05, 0) is 42.0 Å². The summed E-state index contributed by atoms with van der Waals surface area (Å²) in [7, 11) is 1.59. The van der Waals surface area contributed by atoms with Crippen LogP contribution in [0.4, 0.5) is 0 Å². The molecule has 4 aromatic rings. The van der Waals surface area contributed by atoms with Gasteiger partial charge < -0.3 is 4.74 Å². The average Bonchev–Trinajstić information content (AvgIpc) is 2.83. The third-order valence-electron chi connectivity index (χ3n) is 4.59. The van der Waals surface area contributed by atoms with Crippen LogP contribution < -0.4 is 15.7 Å². The second-order valence-electron chi connectivity index (χ2n) is 6.75. The number of carbonyl (C=O) groups is 1. The zero-order valence-corrected chi connectivity index (χ0v) is 18.1. The zero-order chi connectivity index (χ0) is 22.3. The summed E-state index contributed by atoms with van der Waals surface area (Å²) < 4.78 is 6.70. The van der Waals surface area contributed by atoms with E-state index in [9.17, 15) is 9.59 Å². The predicted molar refractivity (Wildman–Crippen MR) is 127 cm³/mol. The van der Waals surface area contributed by atoms with E-state index < -0.39 is 0 Å². The molecule has 0 unspecified atom stereocenters. The number of nitrogens with zero attached hydrogens (tertiary/aromatic N) is 3. The summed E-state index contributed by atoms with van der Waals surface area (Å²) >= 11 is 1.18. The van der Waals surface area contributed by atoms with Gasteiger partial charge in [0.1, 0.15) is 5.75 Å². The number of ether oxygens (including phenoxy) is 1. The molecule has 1 aromatic heterocycles. The van der Waals surface area contributed by atoms with E-state index in [1.807, 2.05) is 60.7 Å². The van der Waals surface area contributed by atoms with Crippen molar-refractivity contribution < 1.29 is 9.53 Å². The number of rotatable bonds is 7. The Labute approximate surface area is 188 Å². The van der Waals surface area contributed by atoms with Crippen LogP contribution in [0.1, 0.15) is 5.56 Å². The number of fused-ring (bicyclic) bond motifs is 1. The number of hydrogen-bond donors (Lipinski definition) is 1. The minimum atomic E-state index is -0.309. The molecule has 0 spiro atoms. The molecular formula is C24H20N4O3S. The third kappa shape index (κ3) is 4.87. The number of aromatic nitrogens is 2. The molecule has 0 aliphatic rings. The minimum absolute atomic E-state index is 0.0487. The van der Waals surface area contributed by atoms with Gasteiger partial charge in [-0.3, -0.25) is 14.2 Å². The number of amides is 1. The van der Waals surface area contributed by atoms with Gasteiger partial charge in [0, 0.05) is 0 Å². The van der Waals surface area contributed by atoms with Crippen LogP contribution in [-0.2, 0) is 4.79 Å². The summed E-state index contributed by atoms with van der Waals surface area (Å²) in [6, 6.07) is 23.7. The van der Waals surface area contributed by atoms with Crippen LogP contribution in [0.3, 0.4) is 0 Å². The fraction of sp³-hybridized carbons (Fsp3) is 0.0833. The Balaban J connectivity index is 1.53. The highest BCUT2D eigenvalue weighted by Crippen LogP contribution is 2.21. The zero-order valence-electron chi connectivity index (χ0n) is 17.3. The van der Waals surface area contributed by atoms with E-state index in [0.717, 1.165) is 5.56 Å². The van der Waals surface area contributed by atoms with Crippen LogP contribution in [0.15, 0.2) is 93.9 Å². The number of methoxy groups -OCH3 is 1. The maximum Gasteiger partial charge on any atom is 0.266 e. The van der Waals surface area contributed by atoms with Crippen molar-refractivity contribution in [3.63, 3.8) is 0 Å². The molecule has 1 heterocycles. The van der Waals surface area contributed by atoms with Crippen LogP contribution in [0, 0.1) is 0 Å². The quantitative estimate of drug-likeness (QED) is 0.204. The number of thioether (sulfide) groups is 1. The number of hydrazone groups is 1. The van der Waals surface area contributed by atoms with E-state index in [1.165, 1.54) is 16.3 Å². The summed E-state index contributed by atoms with van der Waals surface area (Å²) in [6.45, 7) is 0. The molecule has 3 aromatic carbocycles. The SMILES string of the molecule is COc1cccc(C=NNC(=O)CSc2nc3ccccc3c(=O)n2-c2ccccc2)c1. The molecule has 0 atom stereocenters. The van der Waals surface area contributed by atoms with Crippen molar-refractivity contribution in [3.8, 4) is 11.4 Å². The molecule has 32 heavy (non-hydrogen) atoms. The van der Waals surface area contributed by atoms with E-state index in [4.69, 9.17) is 4.74 Å². The van der Waals surface area contributed by atoms with Gasteiger partial charge in [-0.25, -0.2) is 10.4 Å². The normalized spacial score (nSPS) is 11.0. The van der Waals surface area contributed by atoms with Gasteiger partial charge in [0.2, 0.25) is 0 Å². The lowest BCUT2D eigenvalue weighted by Gasteiger charge is -2.12. The molecule has 0 saturated carbocycles. The fourth-order valence-corrected chi connectivity index (χ4v) is 3.88. The minimum Gasteiger partial charge on any atom is -0.497 e. The van der Waals surface area contributed by atoms with E-state index >= 15 is 0 Å². The Kier molecular flexibility index (Phi) is 6.62. The van der Waals surface area contributed by atoms with Crippen molar-refractivity contribution in [2.45, 2.75) is 5.16 Å². The fourth-order valence-electron chi connectivity index (χ4n) is 3.08. The summed E-state index contributed by atoms with van der Waals surface area (Å²) in [6.07, 6.45) is 1.54. The van der Waals surface area contributed by atoms with Crippen molar-refractivity contribution >= 4 is 34.8 Å². The van der Waals surface area contributed by atoms with Crippen LogP contribution >= 0.6 is 11.8 Å². The van der Waals surface area contributed by atoms with Gasteiger partial charge >= 0.3 is 0 Å². The highest BCUT2D eigenvalue weighted by molar-refractivity contribution is 7.99. The molecule has 1 N–H and O–H groups in total. The molecule has 4 rings (SSSR count). The van der Waals surface area contributed by atoms with E-state index in [-0.39, 0.29) is 17.2 Å². The summed E-state index contributed by atoms with van der Waals surface area (Å²) in [4.78, 5) is 30.1. The van der Waals surface area contributed by atoms with E-state index in [1.54, 1.807) is 31.5 Å². The monoisotopic (exact) mass is 444 g/mol. The molecule has 0 aliphatic heterocycles. The highest BCUT2D eigenvalue weighted by atomic mass is 32.2. The second-order valence-corrected chi connectivity index (χ2v) is 7.69. The van der Waals surface area contributed by atoms with Crippen molar-refractivity contribution in [1.82, 2.24) is 15.0 Å². The molecule has 0 saturated heterocycles. The van der Waals surface area contributed by atoms with E-state index in [0.29, 0.717) is 27.5 Å². The first-order valence-electron chi connectivity index (χ1n) is 9.81. The Morgan fingerprint density at radius 2 is 1.88 bits per heavy atom. The molecule has 0 radical (unpaired) electrons. The van der Waals surface area contributed by atoms with Crippen LogP contribution in [0.25, 0.3) is 16.6 Å². The highest BCUT2D eigenvalue weighted by Gasteiger charge is 2.14. The topological polar surface area (TPSA) is 85.6 Å². The standard InChI is InChI=1S/C24H20N4O3S/c1-31-19-11-7-8-17(14-19)15-25-27-22(29)16-32-24-26-21-13-6-5-12-20(21)23(30)28(24)18-9-3-2-4-10-18/h2-15H,16H2,1H3,(H,27,29). The Bertz CT molecular complexity index is 1340. The summed E-state index contributed by atoms with van der Waals surface area (Å²) in [5.41, 5.74) is 4.40.